The van der Waals surface area contributed by atoms with Crippen molar-refractivity contribution < 1.29 is 13.2 Å². The number of rotatable bonds is 6. The highest BCUT2D eigenvalue weighted by molar-refractivity contribution is 7.91. The van der Waals surface area contributed by atoms with Gasteiger partial charge in [0.15, 0.2) is 9.84 Å². The van der Waals surface area contributed by atoms with Gasteiger partial charge in [-0.2, -0.15) is 0 Å². The first-order valence-corrected chi connectivity index (χ1v) is 11.1. The standard InChI is InChI=1S/C19H15Cl2NO3S2/c20-14-6-8-16(9-7-14)27(24,25)18(17-5-2-10-26-17)12-22-19(23)13-3-1-4-15(21)11-13/h1-11,18H,12H2,(H,22,23)/t18-/m1/s1. The Morgan fingerprint density at radius 3 is 2.37 bits per heavy atom. The van der Waals surface area contributed by atoms with Gasteiger partial charge in [-0.05, 0) is 53.9 Å². The van der Waals surface area contributed by atoms with Crippen LogP contribution in [0.3, 0.4) is 0 Å². The molecule has 0 fully saturated rings. The molecule has 0 saturated carbocycles. The number of hydrogen-bond acceptors (Lipinski definition) is 4. The summed E-state index contributed by atoms with van der Waals surface area (Å²) in [5.41, 5.74) is 0.372. The lowest BCUT2D eigenvalue weighted by atomic mass is 10.2. The minimum atomic E-state index is -3.72. The molecule has 0 bridgehead atoms. The molecule has 4 nitrogen and oxygen atoms in total. The van der Waals surface area contributed by atoms with Crippen molar-refractivity contribution in [1.82, 2.24) is 5.32 Å². The normalized spacial score (nSPS) is 12.5. The van der Waals surface area contributed by atoms with Gasteiger partial charge in [-0.1, -0.05) is 35.3 Å². The lowest BCUT2D eigenvalue weighted by Gasteiger charge is -2.17. The molecule has 0 radical (unpaired) electrons. The summed E-state index contributed by atoms with van der Waals surface area (Å²) in [6, 6.07) is 16.0. The number of carbonyl (C=O) groups excluding carboxylic acids is 1. The molecule has 0 aliphatic carbocycles. The van der Waals surface area contributed by atoms with Gasteiger partial charge >= 0.3 is 0 Å². The minimum Gasteiger partial charge on any atom is -0.350 e. The summed E-state index contributed by atoms with van der Waals surface area (Å²) in [6.45, 7) is -0.0587. The highest BCUT2D eigenvalue weighted by Gasteiger charge is 2.30. The monoisotopic (exact) mass is 439 g/mol. The van der Waals surface area contributed by atoms with E-state index in [1.165, 1.54) is 41.7 Å². The van der Waals surface area contributed by atoms with Crippen molar-refractivity contribution in [3.63, 3.8) is 0 Å². The molecule has 0 unspecified atom stereocenters. The molecule has 1 atom stereocenters. The molecule has 2 aromatic carbocycles. The molecule has 1 aromatic heterocycles. The van der Waals surface area contributed by atoms with Crippen LogP contribution in [-0.4, -0.2) is 20.9 Å². The lowest BCUT2D eigenvalue weighted by Crippen LogP contribution is -2.31. The Bertz CT molecular complexity index is 1030. The number of benzene rings is 2. The van der Waals surface area contributed by atoms with E-state index in [-0.39, 0.29) is 17.3 Å². The molecule has 1 heterocycles. The van der Waals surface area contributed by atoms with Gasteiger partial charge in [-0.15, -0.1) is 11.3 Å². The molecule has 3 rings (SSSR count). The van der Waals surface area contributed by atoms with Crippen molar-refractivity contribution in [3.8, 4) is 0 Å². The Morgan fingerprint density at radius 1 is 1.00 bits per heavy atom. The van der Waals surface area contributed by atoms with Crippen molar-refractivity contribution in [2.45, 2.75) is 10.1 Å². The minimum absolute atomic E-state index is 0.0587. The van der Waals surface area contributed by atoms with Crippen LogP contribution < -0.4 is 5.32 Å². The Hall–Kier alpha value is -1.86. The van der Waals surface area contributed by atoms with Crippen LogP contribution in [0, 0.1) is 0 Å². The van der Waals surface area contributed by atoms with Gasteiger partial charge in [-0.3, -0.25) is 4.79 Å². The number of nitrogens with one attached hydrogen (secondary N) is 1. The zero-order valence-electron chi connectivity index (χ0n) is 13.9. The van der Waals surface area contributed by atoms with Gasteiger partial charge in [-0.25, -0.2) is 8.42 Å². The summed E-state index contributed by atoms with van der Waals surface area (Å²) < 4.78 is 26.3. The smallest absolute Gasteiger partial charge is 0.251 e. The average Bonchev–Trinajstić information content (AvgIpc) is 3.16. The molecule has 27 heavy (non-hydrogen) atoms. The maximum absolute atomic E-state index is 13.1. The second kappa shape index (κ2) is 8.44. The molecule has 0 aliphatic heterocycles. The van der Waals surface area contributed by atoms with Gasteiger partial charge < -0.3 is 5.32 Å². The molecule has 3 aromatic rings. The summed E-state index contributed by atoms with van der Waals surface area (Å²) >= 11 is 13.1. The first kappa shape index (κ1) is 19.9. The highest BCUT2D eigenvalue weighted by atomic mass is 35.5. The maximum Gasteiger partial charge on any atom is 0.251 e. The predicted molar refractivity (Wildman–Crippen MR) is 109 cm³/mol. The first-order chi connectivity index (χ1) is 12.9. The Labute approximate surface area is 171 Å². The van der Waals surface area contributed by atoms with E-state index in [9.17, 15) is 13.2 Å². The maximum atomic E-state index is 13.1. The molecule has 140 valence electrons. The zero-order valence-corrected chi connectivity index (χ0v) is 17.1. The summed E-state index contributed by atoms with van der Waals surface area (Å²) in [5, 5.41) is 4.50. The number of carbonyl (C=O) groups is 1. The van der Waals surface area contributed by atoms with Gasteiger partial charge in [0.25, 0.3) is 5.91 Å². The van der Waals surface area contributed by atoms with Crippen LogP contribution in [0.5, 0.6) is 0 Å². The van der Waals surface area contributed by atoms with E-state index in [1.807, 2.05) is 0 Å². The molecule has 1 amide bonds. The lowest BCUT2D eigenvalue weighted by molar-refractivity contribution is 0.0953. The van der Waals surface area contributed by atoms with E-state index in [4.69, 9.17) is 23.2 Å². The molecular weight excluding hydrogens is 425 g/mol. The summed E-state index contributed by atoms with van der Waals surface area (Å²) in [5.74, 6) is -0.384. The van der Waals surface area contributed by atoms with Crippen LogP contribution in [0.4, 0.5) is 0 Å². The zero-order chi connectivity index (χ0) is 19.4. The van der Waals surface area contributed by atoms with E-state index in [2.05, 4.69) is 5.32 Å². The summed E-state index contributed by atoms with van der Waals surface area (Å²) in [7, 11) is -3.72. The molecule has 0 saturated heterocycles. The molecule has 0 spiro atoms. The topological polar surface area (TPSA) is 63.2 Å². The average molecular weight is 440 g/mol. The largest absolute Gasteiger partial charge is 0.350 e. The molecule has 8 heteroatoms. The van der Waals surface area contributed by atoms with E-state index in [0.717, 1.165) is 0 Å². The first-order valence-electron chi connectivity index (χ1n) is 7.94. The molecule has 1 N–H and O–H groups in total. The molecule has 0 aliphatic rings. The Balaban J connectivity index is 1.86. The van der Waals surface area contributed by atoms with Crippen LogP contribution >= 0.6 is 34.5 Å². The second-order valence-electron chi connectivity index (χ2n) is 5.72. The predicted octanol–water partition coefficient (Wildman–Crippen LogP) is 5.00. The van der Waals surface area contributed by atoms with Crippen molar-refractivity contribution in [3.05, 3.63) is 86.5 Å². The van der Waals surface area contributed by atoms with Gasteiger partial charge in [0.2, 0.25) is 0 Å². The SMILES string of the molecule is O=C(NC[C@H](c1cccs1)S(=O)(=O)c1ccc(Cl)cc1)c1cccc(Cl)c1. The summed E-state index contributed by atoms with van der Waals surface area (Å²) in [6.07, 6.45) is 0. The number of amides is 1. The van der Waals surface area contributed by atoms with Crippen LogP contribution in [0.2, 0.25) is 10.0 Å². The molecular formula is C19H15Cl2NO3S2. The quantitative estimate of drug-likeness (QED) is 0.587. The number of halogens is 2. The van der Waals surface area contributed by atoms with Gasteiger partial charge in [0.05, 0.1) is 4.90 Å². The third-order valence-corrected chi connectivity index (χ3v) is 7.63. The number of sulfone groups is 1. The highest BCUT2D eigenvalue weighted by Crippen LogP contribution is 2.32. The van der Waals surface area contributed by atoms with Crippen molar-refractivity contribution in [2.24, 2.45) is 0 Å². The Morgan fingerprint density at radius 2 is 1.74 bits per heavy atom. The fourth-order valence-electron chi connectivity index (χ4n) is 2.54. The van der Waals surface area contributed by atoms with Crippen molar-refractivity contribution in [2.75, 3.05) is 6.54 Å². The number of thiophene rings is 1. The van der Waals surface area contributed by atoms with E-state index < -0.39 is 15.1 Å². The van der Waals surface area contributed by atoms with Gasteiger partial charge in [0, 0.05) is 27.0 Å². The van der Waals surface area contributed by atoms with Gasteiger partial charge in [0.1, 0.15) is 5.25 Å². The third-order valence-electron chi connectivity index (χ3n) is 3.91. The van der Waals surface area contributed by atoms with Crippen molar-refractivity contribution >= 4 is 50.3 Å². The fraction of sp³-hybridized carbons (Fsp3) is 0.105. The van der Waals surface area contributed by atoms with Crippen molar-refractivity contribution in [1.29, 1.82) is 0 Å². The van der Waals surface area contributed by atoms with Crippen LogP contribution in [0.1, 0.15) is 20.5 Å². The van der Waals surface area contributed by atoms with E-state index >= 15 is 0 Å². The van der Waals surface area contributed by atoms with Crippen LogP contribution in [0.25, 0.3) is 0 Å². The van der Waals surface area contributed by atoms with E-state index in [0.29, 0.717) is 20.5 Å². The fourth-order valence-corrected chi connectivity index (χ4v) is 5.64. The van der Waals surface area contributed by atoms with Crippen LogP contribution in [-0.2, 0) is 9.84 Å². The third kappa shape index (κ3) is 4.71. The van der Waals surface area contributed by atoms with Crippen LogP contribution in [0.15, 0.2) is 70.9 Å². The summed E-state index contributed by atoms with van der Waals surface area (Å²) in [4.78, 5) is 13.2. The number of hydrogen-bond donors (Lipinski definition) is 1. The second-order valence-corrected chi connectivity index (χ2v) is 9.71. The van der Waals surface area contributed by atoms with E-state index in [1.54, 1.807) is 35.7 Å². The Kier molecular flexibility index (Phi) is 6.22.